The van der Waals surface area contributed by atoms with Crippen LogP contribution in [0.25, 0.3) is 0 Å². The molecule has 5 saturated carbocycles. The number of fused-ring (bicyclic) bond motifs is 7. The van der Waals surface area contributed by atoms with Gasteiger partial charge < -0.3 is 25.2 Å². The highest BCUT2D eigenvalue weighted by Crippen LogP contribution is 2.76. The van der Waals surface area contributed by atoms with Crippen LogP contribution < -0.4 is 10.6 Å². The van der Waals surface area contributed by atoms with Crippen LogP contribution in [-0.4, -0.2) is 98.4 Å². The van der Waals surface area contributed by atoms with Crippen LogP contribution in [-0.2, 0) is 28.9 Å². The molecule has 6 rings (SSSR count). The number of ether oxygens (including phenoxy) is 2. The van der Waals surface area contributed by atoms with Crippen LogP contribution in [0.3, 0.4) is 0 Å². The van der Waals surface area contributed by atoms with E-state index in [4.69, 9.17) is 9.47 Å². The third-order valence-electron chi connectivity index (χ3n) is 17.9. The first kappa shape index (κ1) is 45.3. The summed E-state index contributed by atoms with van der Waals surface area (Å²) in [6.45, 7) is 27.1. The number of esters is 1. The average molecular weight is 832 g/mol. The molecule has 11 nitrogen and oxygen atoms in total. The number of carboxylic acid groups (broad SMARTS) is 1. The number of rotatable bonds is 13. The maximum absolute atomic E-state index is 13.3. The van der Waals surface area contributed by atoms with E-state index in [1.54, 1.807) is 6.92 Å². The molecule has 5 aliphatic carbocycles. The molecule has 0 aromatic rings. The fraction of sp³-hybridized carbons (Fsp3) is 0.891. The number of amides is 1. The standard InChI is InChI=1S/C46H77N3O8S/c1-11-56-40(53)47-28-31(49-22-24-58(54,55)25-23-49)29-48-46-19-14-32(30(2)3)39(46)33-12-13-35-43(8)17-16-36(57-38(52)27-41(4,5)26-37(50)51)42(6,7)34(43)15-18-45(35,10)44(33,9)20-21-46/h31-36,39,48H,2,11-29H2,1,3-10H3,(H,47,53)(H,50,51)/t31-,32-,33+,34-,35+,36-,39+,43-,44+,45+,46-/m0/s1. The third kappa shape index (κ3) is 8.26. The molecule has 0 bridgehead atoms. The van der Waals surface area contributed by atoms with E-state index in [1.807, 2.05) is 13.8 Å². The highest BCUT2D eigenvalue weighted by atomic mass is 32.2. The van der Waals surface area contributed by atoms with Crippen LogP contribution in [0.1, 0.15) is 139 Å². The first-order chi connectivity index (χ1) is 26.9. The number of hydrogen-bond donors (Lipinski definition) is 3. The van der Waals surface area contributed by atoms with Crippen LogP contribution in [0, 0.1) is 56.7 Å². The van der Waals surface area contributed by atoms with E-state index in [2.05, 4.69) is 63.7 Å². The van der Waals surface area contributed by atoms with Gasteiger partial charge in [0.15, 0.2) is 9.84 Å². The number of carboxylic acids is 1. The van der Waals surface area contributed by atoms with Gasteiger partial charge >= 0.3 is 18.0 Å². The molecule has 0 spiro atoms. The van der Waals surface area contributed by atoms with Crippen molar-refractivity contribution < 1.29 is 37.4 Å². The molecule has 1 heterocycles. The van der Waals surface area contributed by atoms with Crippen LogP contribution in [0.4, 0.5) is 4.79 Å². The minimum atomic E-state index is -3.05. The number of alkyl carbamates (subject to hydrolysis) is 1. The molecule has 330 valence electrons. The van der Waals surface area contributed by atoms with Gasteiger partial charge in [-0.05, 0) is 129 Å². The molecule has 3 N–H and O–H groups in total. The molecule has 0 aromatic carbocycles. The molecule has 1 saturated heterocycles. The lowest BCUT2D eigenvalue weighted by molar-refractivity contribution is -0.246. The minimum absolute atomic E-state index is 0.0505. The molecule has 11 atom stereocenters. The van der Waals surface area contributed by atoms with E-state index in [1.165, 1.54) is 18.4 Å². The first-order valence-corrected chi connectivity index (χ1v) is 24.4. The summed E-state index contributed by atoms with van der Waals surface area (Å²) < 4.78 is 36.3. The monoisotopic (exact) mass is 832 g/mol. The maximum atomic E-state index is 13.3. The predicted octanol–water partition coefficient (Wildman–Crippen LogP) is 7.63. The van der Waals surface area contributed by atoms with E-state index in [-0.39, 0.29) is 69.7 Å². The van der Waals surface area contributed by atoms with Crippen LogP contribution in [0.5, 0.6) is 0 Å². The number of allylic oxidation sites excluding steroid dienone is 1. The molecule has 1 amide bonds. The smallest absolute Gasteiger partial charge is 0.407 e. The molecule has 0 unspecified atom stereocenters. The molecule has 6 aliphatic rings. The molecule has 0 radical (unpaired) electrons. The Morgan fingerprint density at radius 3 is 2.21 bits per heavy atom. The summed E-state index contributed by atoms with van der Waals surface area (Å²) in [4.78, 5) is 39.4. The van der Waals surface area contributed by atoms with Crippen molar-refractivity contribution in [1.29, 1.82) is 0 Å². The SMILES string of the molecule is C=C(C)[C@@H]1CC[C@]2(NC[C@H](CNC(=O)OCC)N3CCS(=O)(=O)CC3)CC[C@]3(C)[C@H](CC[C@@H]4[C@@]5(C)CC[C@H](OC(=O)CC(C)(C)CC(=O)O)C(C)(C)[C@@H]5CC[C@]43C)[C@@H]12. The topological polar surface area (TPSA) is 151 Å². The second-order valence-electron chi connectivity index (χ2n) is 21.9. The van der Waals surface area contributed by atoms with Crippen molar-refractivity contribution in [2.45, 2.75) is 157 Å². The Balaban J connectivity index is 1.22. The Bertz CT molecular complexity index is 1680. The van der Waals surface area contributed by atoms with Crippen molar-refractivity contribution in [2.75, 3.05) is 44.3 Å². The molecule has 58 heavy (non-hydrogen) atoms. The number of hydrogen-bond acceptors (Lipinski definition) is 9. The van der Waals surface area contributed by atoms with Gasteiger partial charge in [0.2, 0.25) is 0 Å². The van der Waals surface area contributed by atoms with E-state index < -0.39 is 27.3 Å². The summed E-state index contributed by atoms with van der Waals surface area (Å²) in [6.07, 6.45) is 10.4. The summed E-state index contributed by atoms with van der Waals surface area (Å²) in [7, 11) is -3.05. The molecule has 0 aromatic heterocycles. The minimum Gasteiger partial charge on any atom is -0.481 e. The zero-order valence-corrected chi connectivity index (χ0v) is 38.2. The number of carbonyl (C=O) groups is 3. The van der Waals surface area contributed by atoms with Crippen LogP contribution in [0.15, 0.2) is 12.2 Å². The molecule has 1 aliphatic heterocycles. The summed E-state index contributed by atoms with van der Waals surface area (Å²) >= 11 is 0. The predicted molar refractivity (Wildman–Crippen MR) is 227 cm³/mol. The highest BCUT2D eigenvalue weighted by Gasteiger charge is 2.71. The van der Waals surface area contributed by atoms with Gasteiger partial charge in [-0.3, -0.25) is 14.5 Å². The van der Waals surface area contributed by atoms with Gasteiger partial charge in [0.25, 0.3) is 0 Å². The van der Waals surface area contributed by atoms with E-state index in [0.717, 1.165) is 51.4 Å². The van der Waals surface area contributed by atoms with E-state index in [0.29, 0.717) is 62.4 Å². The van der Waals surface area contributed by atoms with Gasteiger partial charge in [0.1, 0.15) is 6.10 Å². The summed E-state index contributed by atoms with van der Waals surface area (Å²) in [5, 5.41) is 16.6. The maximum Gasteiger partial charge on any atom is 0.407 e. The van der Waals surface area contributed by atoms with E-state index in [9.17, 15) is 27.9 Å². The molecular weight excluding hydrogens is 755 g/mol. The normalized spacial score (nSPS) is 39.8. The van der Waals surface area contributed by atoms with Crippen molar-refractivity contribution in [3.05, 3.63) is 12.2 Å². The zero-order valence-electron chi connectivity index (χ0n) is 37.3. The number of nitrogens with zero attached hydrogens (tertiary/aromatic N) is 1. The summed E-state index contributed by atoms with van der Waals surface area (Å²) in [5.41, 5.74) is 0.794. The van der Waals surface area contributed by atoms with Crippen LogP contribution >= 0.6 is 0 Å². The van der Waals surface area contributed by atoms with Gasteiger partial charge in [-0.25, -0.2) is 13.2 Å². The Kier molecular flexibility index (Phi) is 12.7. The number of carbonyl (C=O) groups excluding carboxylic acids is 2. The largest absolute Gasteiger partial charge is 0.481 e. The van der Waals surface area contributed by atoms with Gasteiger partial charge in [-0.2, -0.15) is 0 Å². The van der Waals surface area contributed by atoms with Crippen molar-refractivity contribution in [3.63, 3.8) is 0 Å². The molecule has 12 heteroatoms. The second-order valence-corrected chi connectivity index (χ2v) is 24.2. The van der Waals surface area contributed by atoms with E-state index >= 15 is 0 Å². The first-order valence-electron chi connectivity index (χ1n) is 22.6. The lowest BCUT2D eigenvalue weighted by Gasteiger charge is -2.73. The zero-order chi connectivity index (χ0) is 42.7. The second kappa shape index (κ2) is 16.3. The molecule has 6 fully saturated rings. The van der Waals surface area contributed by atoms with Crippen molar-refractivity contribution >= 4 is 27.9 Å². The van der Waals surface area contributed by atoms with Gasteiger partial charge in [-0.1, -0.05) is 60.6 Å². The van der Waals surface area contributed by atoms with Gasteiger partial charge in [0, 0.05) is 43.2 Å². The highest BCUT2D eigenvalue weighted by molar-refractivity contribution is 7.91. The fourth-order valence-electron chi connectivity index (χ4n) is 14.8. The quantitative estimate of drug-likeness (QED) is 0.125. The lowest BCUT2D eigenvalue weighted by Crippen LogP contribution is -2.69. The number of aliphatic carboxylic acids is 1. The fourth-order valence-corrected chi connectivity index (χ4v) is 16.1. The van der Waals surface area contributed by atoms with Crippen molar-refractivity contribution in [1.82, 2.24) is 15.5 Å². The molecular formula is C46H77N3O8S. The third-order valence-corrected chi connectivity index (χ3v) is 19.5. The van der Waals surface area contributed by atoms with Crippen molar-refractivity contribution in [2.24, 2.45) is 56.7 Å². The van der Waals surface area contributed by atoms with Crippen LogP contribution in [0.2, 0.25) is 0 Å². The summed E-state index contributed by atoms with van der Waals surface area (Å²) in [6, 6.07) is -0.0513. The Labute approximate surface area is 349 Å². The van der Waals surface area contributed by atoms with Gasteiger partial charge in [0.05, 0.1) is 31.0 Å². The lowest BCUT2D eigenvalue weighted by atomic mass is 9.32. The number of nitrogens with one attached hydrogen (secondary N) is 2. The van der Waals surface area contributed by atoms with Gasteiger partial charge in [-0.15, -0.1) is 0 Å². The van der Waals surface area contributed by atoms with Crippen molar-refractivity contribution in [3.8, 4) is 0 Å². The Morgan fingerprint density at radius 1 is 0.879 bits per heavy atom. The number of sulfone groups is 1. The Morgan fingerprint density at radius 2 is 1.57 bits per heavy atom. The Hall–Kier alpha value is -2.18. The summed E-state index contributed by atoms with van der Waals surface area (Å²) in [5.74, 6) is 1.50. The average Bonchev–Trinajstić information content (AvgIpc) is 3.50.